The van der Waals surface area contributed by atoms with Crippen molar-refractivity contribution in [1.29, 1.82) is 0 Å². The van der Waals surface area contributed by atoms with Crippen molar-refractivity contribution in [2.45, 2.75) is 24.9 Å². The van der Waals surface area contributed by atoms with E-state index in [1.807, 2.05) is 13.8 Å². The second kappa shape index (κ2) is 6.47. The fraction of sp³-hybridized carbons (Fsp3) is 0.571. The highest BCUT2D eigenvalue weighted by molar-refractivity contribution is 7.92. The Bertz CT molecular complexity index is 738. The summed E-state index contributed by atoms with van der Waals surface area (Å²) < 4.78 is 49.9. The molecule has 5 nitrogen and oxygen atoms in total. The van der Waals surface area contributed by atoms with Gasteiger partial charge in [-0.3, -0.25) is 0 Å². The van der Waals surface area contributed by atoms with Gasteiger partial charge in [-0.1, -0.05) is 37.6 Å². The van der Waals surface area contributed by atoms with Gasteiger partial charge in [0.25, 0.3) is 0 Å². The highest BCUT2D eigenvalue weighted by Gasteiger charge is 2.42. The number of halogens is 1. The summed E-state index contributed by atoms with van der Waals surface area (Å²) >= 11 is 5.84. The van der Waals surface area contributed by atoms with E-state index in [0.717, 1.165) is 0 Å². The summed E-state index contributed by atoms with van der Waals surface area (Å²) in [6.45, 7) is 3.78. The molecule has 1 saturated heterocycles. The number of rotatable bonds is 6. The predicted octanol–water partition coefficient (Wildman–Crippen LogP) is 1.92. The summed E-state index contributed by atoms with van der Waals surface area (Å²) in [5.74, 6) is -0.0215. The summed E-state index contributed by atoms with van der Waals surface area (Å²) in [7, 11) is -6.73. The van der Waals surface area contributed by atoms with Crippen LogP contribution in [0.4, 0.5) is 0 Å². The van der Waals surface area contributed by atoms with Gasteiger partial charge in [-0.25, -0.2) is 16.8 Å². The summed E-state index contributed by atoms with van der Waals surface area (Å²) in [6.07, 6.45) is 0. The van der Waals surface area contributed by atoms with Crippen LogP contribution in [0.5, 0.6) is 0 Å². The molecule has 1 fully saturated rings. The van der Waals surface area contributed by atoms with E-state index in [1.165, 1.54) is 4.31 Å². The molecule has 0 saturated carbocycles. The Balaban J connectivity index is 2.00. The van der Waals surface area contributed by atoms with E-state index in [0.29, 0.717) is 10.6 Å². The van der Waals surface area contributed by atoms with Gasteiger partial charge in [0.05, 0.1) is 16.8 Å². The third-order valence-corrected chi connectivity index (χ3v) is 7.98. The van der Waals surface area contributed by atoms with Gasteiger partial charge < -0.3 is 0 Å². The largest absolute Gasteiger partial charge is 0.228 e. The van der Waals surface area contributed by atoms with Crippen molar-refractivity contribution in [3.8, 4) is 0 Å². The fourth-order valence-electron chi connectivity index (χ4n) is 2.38. The number of nitrogens with zero attached hydrogens (tertiary/aromatic N) is 1. The highest BCUT2D eigenvalue weighted by Crippen LogP contribution is 2.24. The van der Waals surface area contributed by atoms with E-state index >= 15 is 0 Å². The Kier molecular flexibility index (Phi) is 5.21. The van der Waals surface area contributed by atoms with Crippen molar-refractivity contribution in [1.82, 2.24) is 4.31 Å². The molecule has 1 heterocycles. The van der Waals surface area contributed by atoms with Gasteiger partial charge in [-0.15, -0.1) is 0 Å². The molecule has 0 radical (unpaired) electrons. The molecule has 0 amide bonds. The minimum absolute atomic E-state index is 0.0436. The predicted molar refractivity (Wildman–Crippen MR) is 88.1 cm³/mol. The fourth-order valence-corrected chi connectivity index (χ4v) is 6.40. The van der Waals surface area contributed by atoms with E-state index in [9.17, 15) is 16.8 Å². The maximum absolute atomic E-state index is 12.3. The SMILES string of the molecule is CC(C)CS(=O)(=O)C1CN(S(=O)(=O)Cc2cccc(Cl)c2)C1. The van der Waals surface area contributed by atoms with Crippen LogP contribution in [0, 0.1) is 5.92 Å². The molecule has 1 aromatic carbocycles. The van der Waals surface area contributed by atoms with Crippen molar-refractivity contribution in [2.75, 3.05) is 18.8 Å². The smallest absolute Gasteiger partial charge is 0.218 e. The van der Waals surface area contributed by atoms with E-state index < -0.39 is 25.1 Å². The number of sulfone groups is 1. The van der Waals surface area contributed by atoms with Crippen molar-refractivity contribution >= 4 is 31.5 Å². The van der Waals surface area contributed by atoms with Gasteiger partial charge in [-0.05, 0) is 23.6 Å². The van der Waals surface area contributed by atoms with Crippen LogP contribution in [-0.4, -0.2) is 45.2 Å². The highest BCUT2D eigenvalue weighted by atomic mass is 35.5. The molecule has 124 valence electrons. The first-order chi connectivity index (χ1) is 10.1. The summed E-state index contributed by atoms with van der Waals surface area (Å²) in [4.78, 5) is 0. The minimum Gasteiger partial charge on any atom is -0.228 e. The molecule has 0 unspecified atom stereocenters. The van der Waals surface area contributed by atoms with Crippen LogP contribution in [0.25, 0.3) is 0 Å². The minimum atomic E-state index is -3.50. The number of hydrogen-bond donors (Lipinski definition) is 0. The molecule has 0 atom stereocenters. The molecular formula is C14H20ClNO4S2. The molecule has 0 bridgehead atoms. The Labute approximate surface area is 137 Å². The molecule has 1 aliphatic heterocycles. The van der Waals surface area contributed by atoms with E-state index in [1.54, 1.807) is 24.3 Å². The Morgan fingerprint density at radius 3 is 2.41 bits per heavy atom. The standard InChI is InChI=1S/C14H20ClNO4S2/c1-11(2)9-21(17,18)14-7-16(8-14)22(19,20)10-12-4-3-5-13(15)6-12/h3-6,11,14H,7-10H2,1-2H3. The van der Waals surface area contributed by atoms with Gasteiger partial charge in [0.15, 0.2) is 9.84 Å². The lowest BCUT2D eigenvalue weighted by atomic mass is 10.2. The van der Waals surface area contributed by atoms with Gasteiger partial charge in [0.2, 0.25) is 10.0 Å². The van der Waals surface area contributed by atoms with Gasteiger partial charge >= 0.3 is 0 Å². The second-order valence-electron chi connectivity index (χ2n) is 6.05. The average Bonchev–Trinajstić information content (AvgIpc) is 2.22. The van der Waals surface area contributed by atoms with E-state index in [2.05, 4.69) is 0 Å². The maximum Gasteiger partial charge on any atom is 0.218 e. The molecular weight excluding hydrogens is 346 g/mol. The number of benzene rings is 1. The number of sulfonamides is 1. The molecule has 8 heteroatoms. The number of hydrogen-bond acceptors (Lipinski definition) is 4. The molecule has 22 heavy (non-hydrogen) atoms. The molecule has 1 aromatic rings. The first-order valence-corrected chi connectivity index (χ1v) is 10.7. The van der Waals surface area contributed by atoms with Crippen LogP contribution in [0.1, 0.15) is 19.4 Å². The third kappa shape index (κ3) is 4.22. The molecule has 0 aliphatic carbocycles. The van der Waals surface area contributed by atoms with Crippen LogP contribution in [0.3, 0.4) is 0 Å². The zero-order chi connectivity index (χ0) is 16.5. The van der Waals surface area contributed by atoms with Crippen LogP contribution < -0.4 is 0 Å². The third-order valence-electron chi connectivity index (χ3n) is 3.52. The van der Waals surface area contributed by atoms with Crippen molar-refractivity contribution in [3.05, 3.63) is 34.9 Å². The monoisotopic (exact) mass is 365 g/mol. The maximum atomic E-state index is 12.3. The first-order valence-electron chi connectivity index (χ1n) is 7.04. The normalized spacial score (nSPS) is 17.6. The van der Waals surface area contributed by atoms with E-state index in [-0.39, 0.29) is 30.5 Å². The zero-order valence-corrected chi connectivity index (χ0v) is 15.0. The first kappa shape index (κ1) is 17.7. The van der Waals surface area contributed by atoms with Crippen molar-refractivity contribution in [2.24, 2.45) is 5.92 Å². The summed E-state index contributed by atoms with van der Waals surface area (Å²) in [5, 5.41) is -0.0993. The van der Waals surface area contributed by atoms with E-state index in [4.69, 9.17) is 11.6 Å². The molecule has 2 rings (SSSR count). The van der Waals surface area contributed by atoms with Crippen LogP contribution in [0.2, 0.25) is 5.02 Å². The van der Waals surface area contributed by atoms with Gasteiger partial charge in [-0.2, -0.15) is 4.31 Å². The topological polar surface area (TPSA) is 71.5 Å². The quantitative estimate of drug-likeness (QED) is 0.772. The second-order valence-corrected chi connectivity index (χ2v) is 10.8. The van der Waals surface area contributed by atoms with Gasteiger partial charge in [0, 0.05) is 18.1 Å². The lowest BCUT2D eigenvalue weighted by molar-refractivity contribution is 0.308. The van der Waals surface area contributed by atoms with Crippen LogP contribution in [-0.2, 0) is 25.6 Å². The van der Waals surface area contributed by atoms with Crippen LogP contribution in [0.15, 0.2) is 24.3 Å². The molecule has 0 N–H and O–H groups in total. The van der Waals surface area contributed by atoms with Crippen molar-refractivity contribution in [3.63, 3.8) is 0 Å². The van der Waals surface area contributed by atoms with Crippen molar-refractivity contribution < 1.29 is 16.8 Å². The van der Waals surface area contributed by atoms with Crippen LogP contribution >= 0.6 is 11.6 Å². The lowest BCUT2D eigenvalue weighted by Crippen LogP contribution is -2.57. The Morgan fingerprint density at radius 1 is 1.23 bits per heavy atom. The summed E-state index contributed by atoms with van der Waals surface area (Å²) in [5.41, 5.74) is 0.598. The molecule has 0 spiro atoms. The summed E-state index contributed by atoms with van der Waals surface area (Å²) in [6, 6.07) is 6.66. The average molecular weight is 366 g/mol. The Morgan fingerprint density at radius 2 is 1.86 bits per heavy atom. The lowest BCUT2D eigenvalue weighted by Gasteiger charge is -2.37. The van der Waals surface area contributed by atoms with Gasteiger partial charge in [0.1, 0.15) is 0 Å². The Hall–Kier alpha value is -0.630. The molecule has 0 aromatic heterocycles. The zero-order valence-electron chi connectivity index (χ0n) is 12.6. The molecule has 1 aliphatic rings.